The molecule has 0 aliphatic heterocycles. The van der Waals surface area contributed by atoms with E-state index in [2.05, 4.69) is 9.47 Å². The molecular weight excluding hydrogens is 437 g/mol. The predicted octanol–water partition coefficient (Wildman–Crippen LogP) is 4.03. The number of hydrogen-bond acceptors (Lipinski definition) is 8. The number of fused-ring (bicyclic) bond motifs is 1. The first-order valence-corrected chi connectivity index (χ1v) is 9.05. The van der Waals surface area contributed by atoms with Gasteiger partial charge in [0.05, 0.1) is 25.2 Å². The average Bonchev–Trinajstić information content (AvgIpc) is 3.13. The van der Waals surface area contributed by atoms with Crippen LogP contribution in [-0.2, 0) is 20.4 Å². The van der Waals surface area contributed by atoms with E-state index < -0.39 is 41.5 Å². The van der Waals surface area contributed by atoms with Crippen molar-refractivity contribution in [3.63, 3.8) is 0 Å². The van der Waals surface area contributed by atoms with Crippen molar-refractivity contribution in [1.82, 2.24) is 0 Å². The van der Waals surface area contributed by atoms with Gasteiger partial charge in [-0.2, -0.15) is 13.2 Å². The van der Waals surface area contributed by atoms with Gasteiger partial charge in [0.2, 0.25) is 16.9 Å². The molecule has 0 saturated carbocycles. The van der Waals surface area contributed by atoms with Crippen LogP contribution in [0.1, 0.15) is 27.6 Å². The molecule has 0 fully saturated rings. The number of esters is 2. The fraction of sp³-hybridized carbons (Fsp3) is 0.286. The zero-order valence-corrected chi connectivity index (χ0v) is 17.3. The van der Waals surface area contributed by atoms with Gasteiger partial charge in [0.1, 0.15) is 17.1 Å². The number of hydrogen-bond donors (Lipinski definition) is 0. The van der Waals surface area contributed by atoms with E-state index in [0.717, 1.165) is 20.3 Å². The maximum Gasteiger partial charge on any atom is 0.450 e. The minimum Gasteiger partial charge on any atom is -0.481 e. The highest BCUT2D eigenvalue weighted by Gasteiger charge is 2.40. The zero-order chi connectivity index (χ0) is 23.8. The summed E-state index contributed by atoms with van der Waals surface area (Å²) in [5.74, 6) is -3.61. The molecule has 32 heavy (non-hydrogen) atoms. The maximum atomic E-state index is 13.9. The number of ether oxygens (including phenoxy) is 3. The highest BCUT2D eigenvalue weighted by atomic mass is 19.4. The van der Waals surface area contributed by atoms with E-state index in [9.17, 15) is 27.6 Å². The van der Waals surface area contributed by atoms with Crippen molar-refractivity contribution >= 4 is 22.9 Å². The number of furan rings is 1. The quantitative estimate of drug-likeness (QED) is 0.532. The molecule has 0 amide bonds. The van der Waals surface area contributed by atoms with Crippen molar-refractivity contribution in [3.05, 3.63) is 51.3 Å². The van der Waals surface area contributed by atoms with Gasteiger partial charge in [-0.1, -0.05) is 0 Å². The van der Waals surface area contributed by atoms with Crippen LogP contribution < -0.4 is 10.2 Å². The number of rotatable bonds is 5. The molecule has 0 aliphatic carbocycles. The van der Waals surface area contributed by atoms with Crippen LogP contribution in [0.15, 0.2) is 31.8 Å². The number of aryl methyl sites for hydroxylation is 2. The molecule has 0 unspecified atom stereocenters. The Kier molecular flexibility index (Phi) is 6.02. The SMILES string of the molecule is COC(=O)COc1ccc2c(=O)c(-c3cc(C(=O)OC)oc3C)c(C(F)(F)F)oc2c1C. The van der Waals surface area contributed by atoms with Gasteiger partial charge in [0, 0.05) is 11.1 Å². The number of alkyl halides is 3. The van der Waals surface area contributed by atoms with Crippen LogP contribution in [-0.4, -0.2) is 32.8 Å². The summed E-state index contributed by atoms with van der Waals surface area (Å²) in [6.45, 7) is 2.21. The monoisotopic (exact) mass is 454 g/mol. The summed E-state index contributed by atoms with van der Waals surface area (Å²) in [5.41, 5.74) is -2.31. The van der Waals surface area contributed by atoms with Crippen LogP contribution in [0.25, 0.3) is 22.1 Å². The number of carbonyl (C=O) groups is 2. The molecular formula is C21H17F3O8. The Balaban J connectivity index is 2.28. The predicted molar refractivity (Wildman–Crippen MR) is 104 cm³/mol. The van der Waals surface area contributed by atoms with Gasteiger partial charge in [-0.05, 0) is 32.0 Å². The Labute approximate surface area is 178 Å². The number of halogens is 3. The molecule has 3 rings (SSSR count). The van der Waals surface area contributed by atoms with Crippen LogP contribution in [0.3, 0.4) is 0 Å². The molecule has 0 atom stereocenters. The molecule has 2 aromatic heterocycles. The highest BCUT2D eigenvalue weighted by Crippen LogP contribution is 2.40. The Morgan fingerprint density at radius 3 is 2.34 bits per heavy atom. The van der Waals surface area contributed by atoms with Gasteiger partial charge < -0.3 is 23.0 Å². The van der Waals surface area contributed by atoms with E-state index in [1.807, 2.05) is 0 Å². The van der Waals surface area contributed by atoms with Crippen molar-refractivity contribution in [1.29, 1.82) is 0 Å². The lowest BCUT2D eigenvalue weighted by Gasteiger charge is -2.15. The summed E-state index contributed by atoms with van der Waals surface area (Å²) < 4.78 is 66.2. The summed E-state index contributed by atoms with van der Waals surface area (Å²) >= 11 is 0. The summed E-state index contributed by atoms with van der Waals surface area (Å²) in [6.07, 6.45) is -5.05. The first-order valence-electron chi connectivity index (χ1n) is 9.05. The second kappa shape index (κ2) is 8.40. The molecule has 0 saturated heterocycles. The van der Waals surface area contributed by atoms with Gasteiger partial charge >= 0.3 is 18.1 Å². The highest BCUT2D eigenvalue weighted by molar-refractivity contribution is 5.91. The van der Waals surface area contributed by atoms with E-state index in [4.69, 9.17) is 13.6 Å². The molecule has 0 radical (unpaired) electrons. The number of benzene rings is 1. The Morgan fingerprint density at radius 2 is 1.75 bits per heavy atom. The van der Waals surface area contributed by atoms with E-state index in [1.165, 1.54) is 26.0 Å². The lowest BCUT2D eigenvalue weighted by molar-refractivity contribution is -0.152. The molecule has 0 spiro atoms. The smallest absolute Gasteiger partial charge is 0.450 e. The lowest BCUT2D eigenvalue weighted by Crippen LogP contribution is -2.17. The fourth-order valence-corrected chi connectivity index (χ4v) is 3.10. The van der Waals surface area contributed by atoms with Crippen LogP contribution in [0.4, 0.5) is 13.2 Å². The zero-order valence-electron chi connectivity index (χ0n) is 17.3. The number of carbonyl (C=O) groups excluding carboxylic acids is 2. The largest absolute Gasteiger partial charge is 0.481 e. The first kappa shape index (κ1) is 22.9. The first-order chi connectivity index (χ1) is 15.0. The van der Waals surface area contributed by atoms with Crippen molar-refractivity contribution in [2.45, 2.75) is 20.0 Å². The maximum absolute atomic E-state index is 13.9. The van der Waals surface area contributed by atoms with Crippen molar-refractivity contribution in [2.75, 3.05) is 20.8 Å². The van der Waals surface area contributed by atoms with Gasteiger partial charge in [0.15, 0.2) is 6.61 Å². The number of methoxy groups -OCH3 is 2. The van der Waals surface area contributed by atoms with E-state index in [1.54, 1.807) is 0 Å². The topological polar surface area (TPSA) is 105 Å². The molecule has 1 aromatic carbocycles. The Bertz CT molecular complexity index is 1270. The summed E-state index contributed by atoms with van der Waals surface area (Å²) in [7, 11) is 2.23. The van der Waals surface area contributed by atoms with Crippen LogP contribution in [0.2, 0.25) is 0 Å². The van der Waals surface area contributed by atoms with Gasteiger partial charge in [-0.3, -0.25) is 4.79 Å². The third-order valence-corrected chi connectivity index (χ3v) is 4.66. The minimum atomic E-state index is -5.05. The van der Waals surface area contributed by atoms with Crippen molar-refractivity contribution in [3.8, 4) is 16.9 Å². The Morgan fingerprint density at radius 1 is 1.06 bits per heavy atom. The second-order valence-electron chi connectivity index (χ2n) is 6.64. The van der Waals surface area contributed by atoms with E-state index in [-0.39, 0.29) is 39.4 Å². The molecule has 3 aromatic rings. The van der Waals surface area contributed by atoms with Crippen molar-refractivity contribution in [2.24, 2.45) is 0 Å². The Hall–Kier alpha value is -3.76. The molecule has 11 heteroatoms. The van der Waals surface area contributed by atoms with E-state index in [0.29, 0.717) is 0 Å². The van der Waals surface area contributed by atoms with Crippen molar-refractivity contribution < 1.29 is 45.8 Å². The summed E-state index contributed by atoms with van der Waals surface area (Å²) in [5, 5.41) is -0.156. The minimum absolute atomic E-state index is 0.0411. The summed E-state index contributed by atoms with van der Waals surface area (Å²) in [4.78, 5) is 36.2. The van der Waals surface area contributed by atoms with E-state index >= 15 is 0 Å². The third-order valence-electron chi connectivity index (χ3n) is 4.66. The molecule has 0 bridgehead atoms. The standard InChI is InChI=1S/C21H17F3O8/c1-9-13(30-8-15(25)28-3)6-5-11-17(26)16(19(21(22,23)24)32-18(9)11)12-7-14(20(27)29-4)31-10(12)2/h5-7H,8H2,1-4H3. The third kappa shape index (κ3) is 4.05. The fourth-order valence-electron chi connectivity index (χ4n) is 3.10. The average molecular weight is 454 g/mol. The molecule has 2 heterocycles. The second-order valence-corrected chi connectivity index (χ2v) is 6.64. The molecule has 0 N–H and O–H groups in total. The summed E-state index contributed by atoms with van der Waals surface area (Å²) in [6, 6.07) is 3.55. The molecule has 170 valence electrons. The van der Waals surface area contributed by atoms with Gasteiger partial charge in [0.25, 0.3) is 0 Å². The normalized spacial score (nSPS) is 11.5. The molecule has 8 nitrogen and oxygen atoms in total. The lowest BCUT2D eigenvalue weighted by atomic mass is 10.0. The molecule has 0 aliphatic rings. The van der Waals surface area contributed by atoms with Gasteiger partial charge in [-0.25, -0.2) is 9.59 Å². The van der Waals surface area contributed by atoms with Crippen LogP contribution in [0.5, 0.6) is 5.75 Å². The van der Waals surface area contributed by atoms with Gasteiger partial charge in [-0.15, -0.1) is 0 Å². The van der Waals surface area contributed by atoms with Crippen LogP contribution >= 0.6 is 0 Å². The van der Waals surface area contributed by atoms with Crippen LogP contribution in [0, 0.1) is 13.8 Å².